The molecule has 0 aliphatic carbocycles. The van der Waals surface area contributed by atoms with Crippen molar-refractivity contribution < 1.29 is 9.84 Å². The molecule has 0 unspecified atom stereocenters. The Balaban J connectivity index is 2.88. The Morgan fingerprint density at radius 2 is 2.25 bits per heavy atom. The van der Waals surface area contributed by atoms with E-state index in [4.69, 9.17) is 16.3 Å². The molecule has 1 aromatic rings. The second-order valence-corrected chi connectivity index (χ2v) is 4.18. The maximum absolute atomic E-state index is 9.60. The van der Waals surface area contributed by atoms with Gasteiger partial charge >= 0.3 is 0 Å². The summed E-state index contributed by atoms with van der Waals surface area (Å²) in [6, 6.07) is 5.76. The maximum Gasteiger partial charge on any atom is 0.125 e. The van der Waals surface area contributed by atoms with Gasteiger partial charge in [-0.25, -0.2) is 0 Å². The van der Waals surface area contributed by atoms with Crippen molar-refractivity contribution >= 4 is 11.6 Å². The molecule has 0 bridgehead atoms. The Morgan fingerprint density at radius 1 is 1.56 bits per heavy atom. The SMILES string of the molecule is C/C(=C\Cl)COc1cc(C)ccc1[C@H](C)O. The van der Waals surface area contributed by atoms with E-state index in [1.54, 1.807) is 6.92 Å². The standard InChI is InChI=1S/C13H17ClO2/c1-9-4-5-12(11(3)15)13(6-9)16-8-10(2)7-14/h4-7,11,15H,8H2,1-3H3/b10-7+/t11-/m0/s1. The van der Waals surface area contributed by atoms with Gasteiger partial charge in [0.25, 0.3) is 0 Å². The third kappa shape index (κ3) is 3.54. The Labute approximate surface area is 102 Å². The molecule has 0 heterocycles. The number of benzene rings is 1. The summed E-state index contributed by atoms with van der Waals surface area (Å²) in [4.78, 5) is 0. The number of hydrogen-bond donors (Lipinski definition) is 1. The monoisotopic (exact) mass is 240 g/mol. The number of aryl methyl sites for hydroxylation is 1. The summed E-state index contributed by atoms with van der Waals surface area (Å²) in [6.45, 7) is 6.04. The molecule has 0 amide bonds. The molecule has 0 aliphatic rings. The van der Waals surface area contributed by atoms with Gasteiger partial charge in [0.2, 0.25) is 0 Å². The van der Waals surface area contributed by atoms with Crippen LogP contribution < -0.4 is 4.74 Å². The molecule has 0 saturated carbocycles. The second-order valence-electron chi connectivity index (χ2n) is 3.96. The fraction of sp³-hybridized carbons (Fsp3) is 0.385. The van der Waals surface area contributed by atoms with E-state index in [2.05, 4.69) is 0 Å². The van der Waals surface area contributed by atoms with E-state index < -0.39 is 6.10 Å². The van der Waals surface area contributed by atoms with Gasteiger partial charge in [-0.05, 0) is 38.0 Å². The van der Waals surface area contributed by atoms with E-state index in [0.717, 1.165) is 16.7 Å². The minimum atomic E-state index is -0.532. The first-order valence-corrected chi connectivity index (χ1v) is 5.65. The summed E-state index contributed by atoms with van der Waals surface area (Å²) >= 11 is 5.56. The Hall–Kier alpha value is -0.990. The van der Waals surface area contributed by atoms with Crippen LogP contribution in [-0.4, -0.2) is 11.7 Å². The number of halogens is 1. The predicted molar refractivity (Wildman–Crippen MR) is 66.9 cm³/mol. The molecular weight excluding hydrogens is 224 g/mol. The molecule has 0 aliphatic heterocycles. The van der Waals surface area contributed by atoms with E-state index in [1.807, 2.05) is 32.0 Å². The smallest absolute Gasteiger partial charge is 0.125 e. The van der Waals surface area contributed by atoms with Crippen LogP contribution in [0.15, 0.2) is 29.3 Å². The van der Waals surface area contributed by atoms with Gasteiger partial charge in [0.05, 0.1) is 6.10 Å². The largest absolute Gasteiger partial charge is 0.489 e. The van der Waals surface area contributed by atoms with Crippen molar-refractivity contribution in [1.82, 2.24) is 0 Å². The normalized spacial score (nSPS) is 13.7. The van der Waals surface area contributed by atoms with Crippen LogP contribution in [0, 0.1) is 6.92 Å². The van der Waals surface area contributed by atoms with Gasteiger partial charge in [-0.1, -0.05) is 23.7 Å². The number of hydrogen-bond acceptors (Lipinski definition) is 2. The summed E-state index contributed by atoms with van der Waals surface area (Å²) in [6.07, 6.45) is -0.532. The van der Waals surface area contributed by atoms with Gasteiger partial charge in [0, 0.05) is 11.1 Å². The van der Waals surface area contributed by atoms with E-state index in [-0.39, 0.29) is 0 Å². The van der Waals surface area contributed by atoms with Crippen LogP contribution >= 0.6 is 11.6 Å². The molecule has 2 nitrogen and oxygen atoms in total. The highest BCUT2D eigenvalue weighted by Crippen LogP contribution is 2.26. The molecular formula is C13H17ClO2. The fourth-order valence-corrected chi connectivity index (χ4v) is 1.40. The average Bonchev–Trinajstić information content (AvgIpc) is 2.25. The first-order valence-electron chi connectivity index (χ1n) is 5.22. The minimum Gasteiger partial charge on any atom is -0.489 e. The zero-order valence-corrected chi connectivity index (χ0v) is 10.6. The maximum atomic E-state index is 9.60. The highest BCUT2D eigenvalue weighted by molar-refractivity contribution is 6.25. The van der Waals surface area contributed by atoms with Crippen molar-refractivity contribution in [2.45, 2.75) is 26.9 Å². The van der Waals surface area contributed by atoms with Crippen molar-refractivity contribution in [3.05, 3.63) is 40.4 Å². The summed E-state index contributed by atoms with van der Waals surface area (Å²) in [5, 5.41) is 9.60. The highest BCUT2D eigenvalue weighted by Gasteiger charge is 2.09. The van der Waals surface area contributed by atoms with Crippen molar-refractivity contribution in [2.24, 2.45) is 0 Å². The summed E-state index contributed by atoms with van der Waals surface area (Å²) in [7, 11) is 0. The first kappa shape index (κ1) is 13.1. The van der Waals surface area contributed by atoms with Crippen LogP contribution in [0.4, 0.5) is 0 Å². The molecule has 0 spiro atoms. The lowest BCUT2D eigenvalue weighted by atomic mass is 10.1. The van der Waals surface area contributed by atoms with Crippen LogP contribution in [0.5, 0.6) is 5.75 Å². The zero-order valence-electron chi connectivity index (χ0n) is 9.83. The zero-order chi connectivity index (χ0) is 12.1. The molecule has 16 heavy (non-hydrogen) atoms. The third-order valence-corrected chi connectivity index (χ3v) is 2.63. The van der Waals surface area contributed by atoms with E-state index >= 15 is 0 Å². The van der Waals surface area contributed by atoms with Gasteiger partial charge in [-0.15, -0.1) is 0 Å². The third-order valence-electron chi connectivity index (χ3n) is 2.26. The van der Waals surface area contributed by atoms with Gasteiger partial charge < -0.3 is 9.84 Å². The molecule has 88 valence electrons. The van der Waals surface area contributed by atoms with Crippen LogP contribution in [-0.2, 0) is 0 Å². The molecule has 1 N–H and O–H groups in total. The number of aliphatic hydroxyl groups is 1. The van der Waals surface area contributed by atoms with Gasteiger partial charge in [-0.2, -0.15) is 0 Å². The first-order chi connectivity index (χ1) is 7.54. The predicted octanol–water partition coefficient (Wildman–Crippen LogP) is 3.57. The van der Waals surface area contributed by atoms with Gasteiger partial charge in [0.1, 0.15) is 12.4 Å². The van der Waals surface area contributed by atoms with E-state index in [0.29, 0.717) is 12.4 Å². The summed E-state index contributed by atoms with van der Waals surface area (Å²) in [5.74, 6) is 0.716. The molecule has 3 heteroatoms. The fourth-order valence-electron chi connectivity index (χ4n) is 1.33. The molecule has 0 aromatic heterocycles. The molecule has 1 aromatic carbocycles. The Bertz CT molecular complexity index is 384. The van der Waals surface area contributed by atoms with Crippen molar-refractivity contribution in [3.63, 3.8) is 0 Å². The molecule has 1 atom stereocenters. The Kier molecular flexibility index (Phi) is 4.84. The van der Waals surface area contributed by atoms with E-state index in [9.17, 15) is 5.11 Å². The van der Waals surface area contributed by atoms with Crippen LogP contribution in [0.1, 0.15) is 31.1 Å². The van der Waals surface area contributed by atoms with Crippen LogP contribution in [0.3, 0.4) is 0 Å². The van der Waals surface area contributed by atoms with E-state index in [1.165, 1.54) is 5.54 Å². The van der Waals surface area contributed by atoms with Crippen molar-refractivity contribution in [1.29, 1.82) is 0 Å². The Morgan fingerprint density at radius 3 is 2.81 bits per heavy atom. The molecule has 0 radical (unpaired) electrons. The minimum absolute atomic E-state index is 0.437. The number of rotatable bonds is 4. The molecule has 0 fully saturated rings. The number of aliphatic hydroxyl groups excluding tert-OH is 1. The van der Waals surface area contributed by atoms with Crippen molar-refractivity contribution in [3.8, 4) is 5.75 Å². The topological polar surface area (TPSA) is 29.5 Å². The summed E-state index contributed by atoms with van der Waals surface area (Å²) in [5.41, 5.74) is 4.34. The lowest BCUT2D eigenvalue weighted by Gasteiger charge is -2.14. The lowest BCUT2D eigenvalue weighted by Crippen LogP contribution is -2.03. The highest BCUT2D eigenvalue weighted by atomic mass is 35.5. The van der Waals surface area contributed by atoms with Crippen molar-refractivity contribution in [2.75, 3.05) is 6.61 Å². The van der Waals surface area contributed by atoms with Gasteiger partial charge in [0.15, 0.2) is 0 Å². The molecule has 1 rings (SSSR count). The average molecular weight is 241 g/mol. The number of ether oxygens (including phenoxy) is 1. The van der Waals surface area contributed by atoms with Crippen LogP contribution in [0.25, 0.3) is 0 Å². The molecule has 0 saturated heterocycles. The summed E-state index contributed by atoms with van der Waals surface area (Å²) < 4.78 is 5.62. The van der Waals surface area contributed by atoms with Crippen LogP contribution in [0.2, 0.25) is 0 Å². The second kappa shape index (κ2) is 5.92. The lowest BCUT2D eigenvalue weighted by molar-refractivity contribution is 0.192. The quantitative estimate of drug-likeness (QED) is 0.872. The van der Waals surface area contributed by atoms with Gasteiger partial charge in [-0.3, -0.25) is 0 Å².